The van der Waals surface area contributed by atoms with Gasteiger partial charge in [-0.25, -0.2) is 18.7 Å². The van der Waals surface area contributed by atoms with Crippen molar-refractivity contribution in [3.05, 3.63) is 63.8 Å². The summed E-state index contributed by atoms with van der Waals surface area (Å²) in [7, 11) is 1.21. The van der Waals surface area contributed by atoms with E-state index in [1.54, 1.807) is 12.3 Å². The number of nitrogens with one attached hydrogen (secondary N) is 1. The van der Waals surface area contributed by atoms with E-state index in [0.29, 0.717) is 43.6 Å². The number of β-amino-alcohol motifs (C(OH)–C–C–N with tert-alkyl or cyclic N) is 1. The minimum absolute atomic E-state index is 0.148. The molecule has 2 aliphatic heterocycles. The molecule has 0 spiro atoms. The molecule has 2 saturated heterocycles. The van der Waals surface area contributed by atoms with E-state index in [4.69, 9.17) is 9.47 Å². The molecule has 0 bridgehead atoms. The molecule has 0 radical (unpaired) electrons. The number of aliphatic hydroxyl groups is 1. The third-order valence-electron chi connectivity index (χ3n) is 7.05. The van der Waals surface area contributed by atoms with Gasteiger partial charge in [0.2, 0.25) is 0 Å². The lowest BCUT2D eigenvalue weighted by molar-refractivity contribution is -0.384. The van der Waals surface area contributed by atoms with Crippen molar-refractivity contribution >= 4 is 23.0 Å². The van der Waals surface area contributed by atoms with Crippen molar-refractivity contribution in [1.29, 1.82) is 0 Å². The Kier molecular flexibility index (Phi) is 8.56. The second-order valence-corrected chi connectivity index (χ2v) is 9.90. The van der Waals surface area contributed by atoms with Crippen LogP contribution in [0.2, 0.25) is 0 Å². The first-order valence-electron chi connectivity index (χ1n) is 13.3. The average molecular weight is 566 g/mol. The highest BCUT2D eigenvalue weighted by Crippen LogP contribution is 2.38. The fourth-order valence-corrected chi connectivity index (χ4v) is 4.99. The number of methoxy groups -OCH3 is 1. The maximum atomic E-state index is 14.9. The zero-order valence-electron chi connectivity index (χ0n) is 22.4. The summed E-state index contributed by atoms with van der Waals surface area (Å²) in [6, 6.07) is 5.89. The maximum Gasteiger partial charge on any atom is 0.295 e. The Morgan fingerprint density at radius 1 is 1.20 bits per heavy atom. The van der Waals surface area contributed by atoms with Crippen LogP contribution in [0.25, 0.3) is 11.3 Å². The highest BCUT2D eigenvalue weighted by molar-refractivity contribution is 5.77. The highest BCUT2D eigenvalue weighted by atomic mass is 19.1. The largest absolute Gasteiger partial charge is 0.496 e. The predicted molar refractivity (Wildman–Crippen MR) is 148 cm³/mol. The Morgan fingerprint density at radius 2 is 2.00 bits per heavy atom. The van der Waals surface area contributed by atoms with E-state index < -0.39 is 28.3 Å². The van der Waals surface area contributed by atoms with Gasteiger partial charge < -0.3 is 24.8 Å². The number of halogens is 2. The van der Waals surface area contributed by atoms with Crippen LogP contribution in [0.1, 0.15) is 31.2 Å². The first-order chi connectivity index (χ1) is 19.8. The van der Waals surface area contributed by atoms with Gasteiger partial charge in [-0.1, -0.05) is 11.8 Å². The van der Waals surface area contributed by atoms with E-state index in [1.807, 2.05) is 0 Å². The number of piperidine rings is 1. The SMILES string of the molecule is COc1cc(F)cc(F)c1-c1nc(Nc2cc(N3CCC[C@H](O)C3)c(C#CC3CCOCC3)cn2)ccc1[N+](=O)[O-]. The molecule has 2 aromatic heterocycles. The van der Waals surface area contributed by atoms with Crippen LogP contribution >= 0.6 is 0 Å². The number of nitrogens with zero attached hydrogens (tertiary/aromatic N) is 4. The number of anilines is 3. The summed E-state index contributed by atoms with van der Waals surface area (Å²) in [4.78, 5) is 21.9. The van der Waals surface area contributed by atoms with Crippen molar-refractivity contribution in [3.63, 3.8) is 0 Å². The number of nitro groups is 1. The number of ether oxygens (including phenoxy) is 2. The minimum Gasteiger partial charge on any atom is -0.496 e. The van der Waals surface area contributed by atoms with E-state index in [9.17, 15) is 24.0 Å². The van der Waals surface area contributed by atoms with E-state index >= 15 is 0 Å². The van der Waals surface area contributed by atoms with Crippen molar-refractivity contribution in [2.75, 3.05) is 43.6 Å². The van der Waals surface area contributed by atoms with Gasteiger partial charge in [0.1, 0.15) is 29.0 Å². The molecule has 41 heavy (non-hydrogen) atoms. The molecular formula is C29H29F2N5O5. The van der Waals surface area contributed by atoms with Gasteiger partial charge in [-0.05, 0) is 31.7 Å². The standard InChI is InChI=1S/C29H29F2N5O5/c1-40-25-14-20(30)13-22(31)28(25)29-23(36(38)39)6-7-26(34-29)33-27-15-24(35-10-2-3-21(37)17-35)19(16-32-27)5-4-18-8-11-41-12-9-18/h6-7,13-16,18,21,37H,2-3,8-12,17H2,1H3,(H,32,33,34)/t21-/m0/s1. The summed E-state index contributed by atoms with van der Waals surface area (Å²) in [6.07, 6.45) is 4.44. The van der Waals surface area contributed by atoms with Gasteiger partial charge in [-0.3, -0.25) is 10.1 Å². The van der Waals surface area contributed by atoms with Gasteiger partial charge in [-0.2, -0.15) is 0 Å². The summed E-state index contributed by atoms with van der Waals surface area (Å²) < 4.78 is 39.2. The van der Waals surface area contributed by atoms with Crippen LogP contribution in [0.3, 0.4) is 0 Å². The fraction of sp³-hybridized carbons (Fsp3) is 0.379. The molecule has 0 saturated carbocycles. The van der Waals surface area contributed by atoms with Crippen LogP contribution in [-0.2, 0) is 4.74 Å². The van der Waals surface area contributed by atoms with Crippen molar-refractivity contribution in [1.82, 2.24) is 9.97 Å². The molecule has 1 atom stereocenters. The molecule has 12 heteroatoms. The van der Waals surface area contributed by atoms with Crippen molar-refractivity contribution in [2.45, 2.75) is 31.8 Å². The molecule has 2 N–H and O–H groups in total. The van der Waals surface area contributed by atoms with Crippen molar-refractivity contribution in [2.24, 2.45) is 5.92 Å². The zero-order chi connectivity index (χ0) is 28.9. The third-order valence-corrected chi connectivity index (χ3v) is 7.05. The zero-order valence-corrected chi connectivity index (χ0v) is 22.4. The molecule has 2 aliphatic rings. The van der Waals surface area contributed by atoms with E-state index in [2.05, 4.69) is 32.0 Å². The summed E-state index contributed by atoms with van der Waals surface area (Å²) in [5.41, 5.74) is 0.362. The summed E-state index contributed by atoms with van der Waals surface area (Å²) in [5, 5.41) is 25.1. The lowest BCUT2D eigenvalue weighted by Crippen LogP contribution is -2.38. The summed E-state index contributed by atoms with van der Waals surface area (Å²) in [5.74, 6) is 5.17. The maximum absolute atomic E-state index is 14.9. The molecular weight excluding hydrogens is 536 g/mol. The van der Waals surface area contributed by atoms with Gasteiger partial charge in [0.25, 0.3) is 5.69 Å². The number of aromatic nitrogens is 2. The minimum atomic E-state index is -1.05. The summed E-state index contributed by atoms with van der Waals surface area (Å²) >= 11 is 0. The smallest absolute Gasteiger partial charge is 0.295 e. The van der Waals surface area contributed by atoms with Gasteiger partial charge in [0.15, 0.2) is 5.69 Å². The third kappa shape index (κ3) is 6.53. The Hall–Kier alpha value is -4.34. The Balaban J connectivity index is 1.51. The van der Waals surface area contributed by atoms with Gasteiger partial charge >= 0.3 is 0 Å². The van der Waals surface area contributed by atoms with Gasteiger partial charge in [0.05, 0.1) is 35.0 Å². The second-order valence-electron chi connectivity index (χ2n) is 9.90. The van der Waals surface area contributed by atoms with Crippen molar-refractivity contribution in [3.8, 4) is 28.8 Å². The molecule has 0 unspecified atom stereocenters. The quantitative estimate of drug-likeness (QED) is 0.246. The molecule has 10 nitrogen and oxygen atoms in total. The van der Waals surface area contributed by atoms with E-state index in [1.165, 1.54) is 19.2 Å². The molecule has 0 amide bonds. The number of aliphatic hydroxyl groups excluding tert-OH is 1. The first kappa shape index (κ1) is 28.2. The van der Waals surface area contributed by atoms with Crippen LogP contribution in [0, 0.1) is 39.5 Å². The van der Waals surface area contributed by atoms with Gasteiger partial charge in [-0.15, -0.1) is 0 Å². The van der Waals surface area contributed by atoms with E-state index in [-0.39, 0.29) is 28.7 Å². The van der Waals surface area contributed by atoms with Crippen LogP contribution < -0.4 is 15.0 Å². The number of pyridine rings is 2. The number of hydrogen-bond donors (Lipinski definition) is 2. The summed E-state index contributed by atoms with van der Waals surface area (Å²) in [6.45, 7) is 2.54. The molecule has 2 fully saturated rings. The normalized spacial score (nSPS) is 17.5. The fourth-order valence-electron chi connectivity index (χ4n) is 4.99. The van der Waals surface area contributed by atoms with E-state index in [0.717, 1.165) is 37.6 Å². The van der Waals surface area contributed by atoms with Crippen molar-refractivity contribution < 1.29 is 28.3 Å². The molecule has 5 rings (SSSR count). The number of rotatable bonds is 6. The lowest BCUT2D eigenvalue weighted by Gasteiger charge is -2.32. The molecule has 4 heterocycles. The second kappa shape index (κ2) is 12.4. The molecule has 0 aliphatic carbocycles. The Bertz CT molecular complexity index is 1500. The lowest BCUT2D eigenvalue weighted by atomic mass is 10.0. The predicted octanol–water partition coefficient (Wildman–Crippen LogP) is 4.82. The molecule has 3 aromatic rings. The van der Waals surface area contributed by atoms with Crippen LogP contribution in [-0.4, -0.2) is 59.5 Å². The highest BCUT2D eigenvalue weighted by Gasteiger charge is 2.26. The molecule has 214 valence electrons. The average Bonchev–Trinajstić information content (AvgIpc) is 2.96. The van der Waals surface area contributed by atoms with Gasteiger partial charge in [0, 0.05) is 62.7 Å². The topological polar surface area (TPSA) is 123 Å². The molecule has 1 aromatic carbocycles. The Labute approximate surface area is 235 Å². The Morgan fingerprint density at radius 3 is 2.73 bits per heavy atom. The monoisotopic (exact) mass is 565 g/mol. The van der Waals surface area contributed by atoms with Crippen LogP contribution in [0.15, 0.2) is 36.5 Å². The van der Waals surface area contributed by atoms with Crippen LogP contribution in [0.5, 0.6) is 5.75 Å². The first-order valence-corrected chi connectivity index (χ1v) is 13.3. The van der Waals surface area contributed by atoms with Crippen LogP contribution in [0.4, 0.5) is 31.8 Å². The number of benzene rings is 1. The number of hydrogen-bond acceptors (Lipinski definition) is 9.